The van der Waals surface area contributed by atoms with Gasteiger partial charge in [-0.1, -0.05) is 0 Å². The molecule has 0 bridgehead atoms. The van der Waals surface area contributed by atoms with Crippen molar-refractivity contribution in [1.29, 1.82) is 0 Å². The molecule has 0 unspecified atom stereocenters. The van der Waals surface area contributed by atoms with Gasteiger partial charge in [0.2, 0.25) is 0 Å². The maximum atomic E-state index is 10.7. The van der Waals surface area contributed by atoms with Crippen LogP contribution in [0, 0.1) is 0 Å². The number of hydrogen-bond donors (Lipinski definition) is 0. The maximum absolute atomic E-state index is 10.7. The quantitative estimate of drug-likeness (QED) is 0.559. The van der Waals surface area contributed by atoms with E-state index in [1.54, 1.807) is 0 Å². The Morgan fingerprint density at radius 3 is 2.75 bits per heavy atom. The first-order chi connectivity index (χ1) is 5.83. The molecule has 1 nitrogen and oxygen atoms in total. The molecule has 0 saturated carbocycles. The van der Waals surface area contributed by atoms with Crippen molar-refractivity contribution in [3.63, 3.8) is 0 Å². The fourth-order valence-electron chi connectivity index (χ4n) is 1.26. The summed E-state index contributed by atoms with van der Waals surface area (Å²) in [5.41, 5.74) is 4.40. The molecule has 0 spiro atoms. The van der Waals surface area contributed by atoms with Crippen molar-refractivity contribution in [2.45, 2.75) is 19.1 Å². The summed E-state index contributed by atoms with van der Waals surface area (Å²) in [5.74, 6) is 0. The summed E-state index contributed by atoms with van der Waals surface area (Å²) in [4.78, 5) is 10.7. The van der Waals surface area contributed by atoms with Gasteiger partial charge in [-0.3, -0.25) is 0 Å². The van der Waals surface area contributed by atoms with Crippen LogP contribution in [0.5, 0.6) is 0 Å². The van der Waals surface area contributed by atoms with Crippen molar-refractivity contribution in [3.05, 3.63) is 29.3 Å². The van der Waals surface area contributed by atoms with Gasteiger partial charge in [0.05, 0.1) is 0 Å². The van der Waals surface area contributed by atoms with Crippen LogP contribution in [0.2, 0.25) is 5.71 Å². The van der Waals surface area contributed by atoms with E-state index in [-0.39, 0.29) is 15.8 Å². The summed E-state index contributed by atoms with van der Waals surface area (Å²) in [5, 5.41) is 0. The molecule has 0 aromatic heterocycles. The van der Waals surface area contributed by atoms with Crippen LogP contribution in [-0.4, -0.2) is 22.0 Å². The molecule has 0 fully saturated rings. The van der Waals surface area contributed by atoms with Gasteiger partial charge in [-0.15, -0.1) is 0 Å². The molecule has 1 rings (SSSR count). The topological polar surface area (TPSA) is 17.1 Å². The van der Waals surface area contributed by atoms with E-state index in [1.807, 2.05) is 12.1 Å². The molecule has 1 aromatic carbocycles. The van der Waals surface area contributed by atoms with Gasteiger partial charge in [-0.25, -0.2) is 0 Å². The minimum absolute atomic E-state index is 0.158. The Hall–Kier alpha value is -0.552. The first-order valence-corrected chi connectivity index (χ1v) is 6.81. The van der Waals surface area contributed by atoms with Gasteiger partial charge < -0.3 is 0 Å². The summed E-state index contributed by atoms with van der Waals surface area (Å²) < 4.78 is 1.30. The molecule has 63 valence electrons. The Bertz CT molecular complexity index is 281. The zero-order valence-corrected chi connectivity index (χ0v) is 9.25. The molecule has 1 aromatic rings. The van der Waals surface area contributed by atoms with Crippen LogP contribution in [0.1, 0.15) is 22.8 Å². The fourth-order valence-corrected chi connectivity index (χ4v) is 3.16. The summed E-state index contributed by atoms with van der Waals surface area (Å²) >= 11 is 0.158. The predicted octanol–water partition coefficient (Wildman–Crippen LogP) is 1.44. The number of aryl methyl sites for hydroxylation is 1. The molecule has 0 aliphatic rings. The molecule has 0 N–H and O–H groups in total. The Kier molecular flexibility index (Phi) is 3.55. The zero-order chi connectivity index (χ0) is 8.97. The standard InChI is InChI=1S/C10H12AsO/c1-3-8-5-4-6-9(7-12)10(8)11-2/h4-7H,3H2,1-2H3. The molecular formula is C10H12AsO. The average molecular weight is 223 g/mol. The second-order valence-corrected chi connectivity index (χ2v) is 4.43. The first-order valence-electron chi connectivity index (χ1n) is 4.00. The van der Waals surface area contributed by atoms with Gasteiger partial charge in [-0.05, 0) is 0 Å². The zero-order valence-electron chi connectivity index (χ0n) is 7.37. The molecular weight excluding hydrogens is 211 g/mol. The predicted molar refractivity (Wildman–Crippen MR) is 52.5 cm³/mol. The van der Waals surface area contributed by atoms with Crippen LogP contribution in [-0.2, 0) is 6.42 Å². The van der Waals surface area contributed by atoms with Gasteiger partial charge in [0.15, 0.2) is 0 Å². The molecule has 12 heavy (non-hydrogen) atoms. The summed E-state index contributed by atoms with van der Waals surface area (Å²) in [7, 11) is 0. The van der Waals surface area contributed by atoms with E-state index in [9.17, 15) is 4.79 Å². The second kappa shape index (κ2) is 4.47. The Morgan fingerprint density at radius 1 is 1.50 bits per heavy atom. The van der Waals surface area contributed by atoms with E-state index >= 15 is 0 Å². The van der Waals surface area contributed by atoms with E-state index in [4.69, 9.17) is 0 Å². The fraction of sp³-hybridized carbons (Fsp3) is 0.300. The van der Waals surface area contributed by atoms with Gasteiger partial charge in [0.1, 0.15) is 0 Å². The average Bonchev–Trinajstić information content (AvgIpc) is 2.16. The van der Waals surface area contributed by atoms with Crippen molar-refractivity contribution in [1.82, 2.24) is 0 Å². The van der Waals surface area contributed by atoms with Crippen LogP contribution in [0.15, 0.2) is 18.2 Å². The van der Waals surface area contributed by atoms with E-state index in [0.29, 0.717) is 0 Å². The van der Waals surface area contributed by atoms with E-state index < -0.39 is 0 Å². The third-order valence-electron chi connectivity index (χ3n) is 1.88. The second-order valence-electron chi connectivity index (χ2n) is 2.55. The number of carbonyl (C=O) groups excluding carboxylic acids is 1. The van der Waals surface area contributed by atoms with Gasteiger partial charge in [0, 0.05) is 0 Å². The molecule has 0 atom stereocenters. The van der Waals surface area contributed by atoms with Crippen LogP contribution in [0.4, 0.5) is 0 Å². The van der Waals surface area contributed by atoms with Crippen LogP contribution < -0.4 is 4.35 Å². The Labute approximate surface area is 79.9 Å². The van der Waals surface area contributed by atoms with Gasteiger partial charge in [-0.2, -0.15) is 0 Å². The summed E-state index contributed by atoms with van der Waals surface area (Å²) in [6.45, 7) is 2.13. The molecule has 1 radical (unpaired) electrons. The van der Waals surface area contributed by atoms with Crippen molar-refractivity contribution in [2.75, 3.05) is 0 Å². The number of benzene rings is 1. The molecule has 0 amide bonds. The minimum atomic E-state index is 0.158. The van der Waals surface area contributed by atoms with Crippen molar-refractivity contribution < 1.29 is 4.79 Å². The summed E-state index contributed by atoms with van der Waals surface area (Å²) in [6, 6.07) is 5.98. The molecule has 0 saturated heterocycles. The Morgan fingerprint density at radius 2 is 2.25 bits per heavy atom. The van der Waals surface area contributed by atoms with Crippen molar-refractivity contribution in [2.24, 2.45) is 0 Å². The monoisotopic (exact) mass is 223 g/mol. The van der Waals surface area contributed by atoms with Crippen molar-refractivity contribution >= 4 is 26.4 Å². The number of aldehydes is 1. The van der Waals surface area contributed by atoms with Crippen molar-refractivity contribution in [3.8, 4) is 0 Å². The molecule has 0 aliphatic heterocycles. The number of hydrogen-bond acceptors (Lipinski definition) is 1. The number of carbonyl (C=O) groups is 1. The third-order valence-corrected chi connectivity index (χ3v) is 3.96. The Balaban J connectivity index is 3.21. The van der Waals surface area contributed by atoms with Crippen LogP contribution >= 0.6 is 0 Å². The third kappa shape index (κ3) is 1.78. The molecule has 0 aliphatic carbocycles. The molecule has 0 heterocycles. The SMILES string of the molecule is CCc1cccc(C=O)c1[As]C. The van der Waals surface area contributed by atoms with E-state index in [0.717, 1.165) is 18.3 Å². The molecule has 2 heteroatoms. The van der Waals surface area contributed by atoms with E-state index in [2.05, 4.69) is 18.7 Å². The van der Waals surface area contributed by atoms with Crippen LogP contribution in [0.25, 0.3) is 0 Å². The first kappa shape index (κ1) is 9.54. The number of rotatable bonds is 3. The van der Waals surface area contributed by atoms with Gasteiger partial charge in [0.25, 0.3) is 0 Å². The normalized spacial score (nSPS) is 10.8. The van der Waals surface area contributed by atoms with E-state index in [1.165, 1.54) is 9.91 Å². The van der Waals surface area contributed by atoms with Crippen LogP contribution in [0.3, 0.4) is 0 Å². The summed E-state index contributed by atoms with van der Waals surface area (Å²) in [6.07, 6.45) is 1.99. The van der Waals surface area contributed by atoms with Gasteiger partial charge >= 0.3 is 79.6 Å².